The molecule has 0 aliphatic carbocycles. The van der Waals surface area contributed by atoms with E-state index in [0.717, 1.165) is 15.8 Å². The first-order valence-corrected chi connectivity index (χ1v) is 5.39. The molecule has 15 heavy (non-hydrogen) atoms. The van der Waals surface area contributed by atoms with E-state index in [2.05, 4.69) is 15.9 Å². The van der Waals surface area contributed by atoms with E-state index in [1.54, 1.807) is 7.11 Å². The molecule has 0 fully saturated rings. The lowest BCUT2D eigenvalue weighted by Crippen LogP contribution is -2.03. The molecule has 0 spiro atoms. The van der Waals surface area contributed by atoms with E-state index in [1.807, 2.05) is 25.1 Å². The fraction of sp³-hybridized carbons (Fsp3) is 0.364. The second kappa shape index (κ2) is 5.16. The van der Waals surface area contributed by atoms with Gasteiger partial charge < -0.3 is 9.84 Å². The second-order valence-electron chi connectivity index (χ2n) is 3.39. The molecule has 1 aromatic carbocycles. The van der Waals surface area contributed by atoms with Gasteiger partial charge in [-0.25, -0.2) is 0 Å². The Morgan fingerprint density at radius 3 is 2.80 bits per heavy atom. The molecule has 0 bridgehead atoms. The number of carboxylic acid groups (broad SMARTS) is 1. The van der Waals surface area contributed by atoms with Crippen LogP contribution in [0.25, 0.3) is 0 Å². The largest absolute Gasteiger partial charge is 0.496 e. The molecule has 1 unspecified atom stereocenters. The lowest BCUT2D eigenvalue weighted by Gasteiger charge is -2.11. The van der Waals surface area contributed by atoms with Gasteiger partial charge in [0, 0.05) is 0 Å². The van der Waals surface area contributed by atoms with Crippen molar-refractivity contribution in [3.05, 3.63) is 28.2 Å². The molecule has 1 rings (SSSR count). The van der Waals surface area contributed by atoms with Gasteiger partial charge >= 0.3 is 5.97 Å². The van der Waals surface area contributed by atoms with Crippen LogP contribution in [-0.4, -0.2) is 18.2 Å². The van der Waals surface area contributed by atoms with Gasteiger partial charge in [-0.15, -0.1) is 0 Å². The molecule has 0 aromatic heterocycles. The summed E-state index contributed by atoms with van der Waals surface area (Å²) in [7, 11) is 1.59. The summed E-state index contributed by atoms with van der Waals surface area (Å²) in [5, 5.41) is 8.69. The number of hydrogen-bond donors (Lipinski definition) is 1. The molecule has 1 atom stereocenters. The first kappa shape index (κ1) is 12.0. The zero-order valence-electron chi connectivity index (χ0n) is 8.66. The number of rotatable bonds is 4. The number of ether oxygens (including phenoxy) is 1. The molecule has 82 valence electrons. The quantitative estimate of drug-likeness (QED) is 0.917. The summed E-state index contributed by atoms with van der Waals surface area (Å²) in [6, 6.07) is 5.63. The van der Waals surface area contributed by atoms with E-state index in [4.69, 9.17) is 9.84 Å². The third-order valence-corrected chi connectivity index (χ3v) is 2.88. The molecule has 0 saturated carbocycles. The highest BCUT2D eigenvalue weighted by molar-refractivity contribution is 9.10. The maximum absolute atomic E-state index is 10.6. The van der Waals surface area contributed by atoms with Crippen molar-refractivity contribution in [1.82, 2.24) is 0 Å². The Hall–Kier alpha value is -1.03. The minimum Gasteiger partial charge on any atom is -0.496 e. The van der Waals surface area contributed by atoms with Crippen molar-refractivity contribution in [1.29, 1.82) is 0 Å². The van der Waals surface area contributed by atoms with Crippen molar-refractivity contribution < 1.29 is 14.6 Å². The molecule has 0 radical (unpaired) electrons. The molecule has 0 heterocycles. The number of methoxy groups -OCH3 is 1. The van der Waals surface area contributed by atoms with Crippen LogP contribution in [0.15, 0.2) is 22.7 Å². The molecular weight excluding hydrogens is 260 g/mol. The van der Waals surface area contributed by atoms with Crippen molar-refractivity contribution >= 4 is 21.9 Å². The van der Waals surface area contributed by atoms with Crippen LogP contribution in [0.2, 0.25) is 0 Å². The molecule has 0 aliphatic heterocycles. The van der Waals surface area contributed by atoms with Gasteiger partial charge in [0.15, 0.2) is 0 Å². The number of carboxylic acids is 1. The zero-order chi connectivity index (χ0) is 11.4. The summed E-state index contributed by atoms with van der Waals surface area (Å²) in [6.45, 7) is 1.89. The molecule has 0 saturated heterocycles. The summed E-state index contributed by atoms with van der Waals surface area (Å²) in [5.74, 6) is -0.0707. The highest BCUT2D eigenvalue weighted by Gasteiger charge is 2.11. The minimum atomic E-state index is -0.788. The Balaban J connectivity index is 2.90. The van der Waals surface area contributed by atoms with E-state index >= 15 is 0 Å². The van der Waals surface area contributed by atoms with Gasteiger partial charge in [-0.05, 0) is 39.5 Å². The fourth-order valence-electron chi connectivity index (χ4n) is 1.36. The van der Waals surface area contributed by atoms with Crippen molar-refractivity contribution in [2.24, 2.45) is 0 Å². The molecule has 1 aromatic rings. The van der Waals surface area contributed by atoms with Crippen LogP contribution in [0, 0.1) is 0 Å². The van der Waals surface area contributed by atoms with Crippen LogP contribution in [0.5, 0.6) is 5.75 Å². The van der Waals surface area contributed by atoms with Crippen LogP contribution >= 0.6 is 15.9 Å². The first-order valence-electron chi connectivity index (χ1n) is 4.59. The second-order valence-corrected chi connectivity index (χ2v) is 4.25. The first-order chi connectivity index (χ1) is 7.04. The Kier molecular flexibility index (Phi) is 4.15. The molecule has 4 heteroatoms. The van der Waals surface area contributed by atoms with Crippen LogP contribution in [0.1, 0.15) is 24.8 Å². The third-order valence-electron chi connectivity index (χ3n) is 2.23. The smallest absolute Gasteiger partial charge is 0.303 e. The van der Waals surface area contributed by atoms with Gasteiger partial charge in [0.1, 0.15) is 5.75 Å². The van der Waals surface area contributed by atoms with Crippen molar-refractivity contribution in [2.45, 2.75) is 19.3 Å². The van der Waals surface area contributed by atoms with E-state index in [0.29, 0.717) is 0 Å². The predicted molar refractivity (Wildman–Crippen MR) is 61.4 cm³/mol. The third kappa shape index (κ3) is 3.23. The van der Waals surface area contributed by atoms with Crippen LogP contribution in [0.4, 0.5) is 0 Å². The van der Waals surface area contributed by atoms with E-state index in [-0.39, 0.29) is 12.3 Å². The zero-order valence-corrected chi connectivity index (χ0v) is 10.2. The Morgan fingerprint density at radius 1 is 1.60 bits per heavy atom. The number of carbonyl (C=O) groups is 1. The summed E-state index contributed by atoms with van der Waals surface area (Å²) in [5.41, 5.74) is 0.970. The summed E-state index contributed by atoms with van der Waals surface area (Å²) in [6.07, 6.45) is 0.130. The van der Waals surface area contributed by atoms with Gasteiger partial charge in [0.05, 0.1) is 18.0 Å². The molecule has 0 amide bonds. The van der Waals surface area contributed by atoms with Gasteiger partial charge in [-0.1, -0.05) is 13.0 Å². The average Bonchev–Trinajstić information content (AvgIpc) is 2.17. The highest BCUT2D eigenvalue weighted by Crippen LogP contribution is 2.29. The van der Waals surface area contributed by atoms with Crippen LogP contribution < -0.4 is 4.74 Å². The van der Waals surface area contributed by atoms with Crippen molar-refractivity contribution in [2.75, 3.05) is 7.11 Å². The number of benzene rings is 1. The average molecular weight is 273 g/mol. The normalized spacial score (nSPS) is 12.2. The standard InChI is InChI=1S/C11H13BrO3/c1-7(5-11(13)14)8-3-4-9(12)10(6-8)15-2/h3-4,6-7H,5H2,1-2H3,(H,13,14). The maximum Gasteiger partial charge on any atom is 0.303 e. The van der Waals surface area contributed by atoms with Gasteiger partial charge in [-0.2, -0.15) is 0 Å². The molecule has 1 N–H and O–H groups in total. The van der Waals surface area contributed by atoms with Gasteiger partial charge in [0.25, 0.3) is 0 Å². The monoisotopic (exact) mass is 272 g/mol. The predicted octanol–water partition coefficient (Wildman–Crippen LogP) is 3.04. The minimum absolute atomic E-state index is 0.00972. The topological polar surface area (TPSA) is 46.5 Å². The van der Waals surface area contributed by atoms with Crippen molar-refractivity contribution in [3.63, 3.8) is 0 Å². The lowest BCUT2D eigenvalue weighted by atomic mass is 9.98. The summed E-state index contributed by atoms with van der Waals surface area (Å²) in [4.78, 5) is 10.6. The Morgan fingerprint density at radius 2 is 2.27 bits per heavy atom. The lowest BCUT2D eigenvalue weighted by molar-refractivity contribution is -0.137. The van der Waals surface area contributed by atoms with E-state index in [9.17, 15) is 4.79 Å². The molecule has 3 nitrogen and oxygen atoms in total. The van der Waals surface area contributed by atoms with Gasteiger partial charge in [-0.3, -0.25) is 4.79 Å². The number of halogens is 1. The van der Waals surface area contributed by atoms with Crippen molar-refractivity contribution in [3.8, 4) is 5.75 Å². The Labute approximate surface area is 97.2 Å². The fourth-order valence-corrected chi connectivity index (χ4v) is 1.77. The summed E-state index contributed by atoms with van der Waals surface area (Å²) < 4.78 is 6.02. The molecule has 0 aliphatic rings. The highest BCUT2D eigenvalue weighted by atomic mass is 79.9. The number of aliphatic carboxylic acids is 1. The van der Waals surface area contributed by atoms with Crippen LogP contribution in [-0.2, 0) is 4.79 Å². The summed E-state index contributed by atoms with van der Waals surface area (Å²) >= 11 is 3.35. The van der Waals surface area contributed by atoms with E-state index < -0.39 is 5.97 Å². The SMILES string of the molecule is COc1cc(C(C)CC(=O)O)ccc1Br. The van der Waals surface area contributed by atoms with Crippen LogP contribution in [0.3, 0.4) is 0 Å². The van der Waals surface area contributed by atoms with Gasteiger partial charge in [0.2, 0.25) is 0 Å². The molecular formula is C11H13BrO3. The van der Waals surface area contributed by atoms with E-state index in [1.165, 1.54) is 0 Å². The maximum atomic E-state index is 10.6. The number of hydrogen-bond acceptors (Lipinski definition) is 2. The Bertz CT molecular complexity index is 363.